The highest BCUT2D eigenvalue weighted by atomic mass is 16.2. The summed E-state index contributed by atoms with van der Waals surface area (Å²) >= 11 is 0. The maximum atomic E-state index is 13.4. The molecule has 2 aliphatic heterocycles. The fourth-order valence-corrected chi connectivity index (χ4v) is 4.82. The topological polar surface area (TPSA) is 77.6 Å². The molecule has 0 unspecified atom stereocenters. The van der Waals surface area contributed by atoms with E-state index in [9.17, 15) is 9.59 Å². The summed E-state index contributed by atoms with van der Waals surface area (Å²) in [4.78, 5) is 34.7. The second kappa shape index (κ2) is 12.6. The molecule has 0 atom stereocenters. The van der Waals surface area contributed by atoms with E-state index in [0.717, 1.165) is 56.7 Å². The average Bonchev–Trinajstić information content (AvgIpc) is 3.38. The third kappa shape index (κ3) is 6.64. The summed E-state index contributed by atoms with van der Waals surface area (Å²) in [5, 5.41) is 6.59. The monoisotopic (exact) mass is 463 g/mol. The van der Waals surface area contributed by atoms with Crippen molar-refractivity contribution in [1.29, 1.82) is 0 Å². The van der Waals surface area contributed by atoms with Gasteiger partial charge in [0, 0.05) is 49.8 Å². The Balaban J connectivity index is 1.54. The fraction of sp³-hybridized carbons (Fsp3) is 0.519. The van der Waals surface area contributed by atoms with Crippen LogP contribution in [0.2, 0.25) is 0 Å². The molecule has 2 aromatic rings. The minimum absolute atomic E-state index is 0.0470. The largest absolute Gasteiger partial charge is 0.351 e. The Morgan fingerprint density at radius 2 is 1.74 bits per heavy atom. The van der Waals surface area contributed by atoms with Crippen LogP contribution in [0, 0.1) is 0 Å². The highest BCUT2D eigenvalue weighted by Gasteiger charge is 2.22. The Labute approximate surface area is 202 Å². The van der Waals surface area contributed by atoms with Gasteiger partial charge in [-0.15, -0.1) is 0 Å². The number of amides is 2. The van der Waals surface area contributed by atoms with Crippen LogP contribution < -0.4 is 15.5 Å². The van der Waals surface area contributed by atoms with Gasteiger partial charge in [-0.1, -0.05) is 19.3 Å². The van der Waals surface area contributed by atoms with Crippen LogP contribution in [0.3, 0.4) is 0 Å². The van der Waals surface area contributed by atoms with Crippen molar-refractivity contribution < 1.29 is 9.59 Å². The number of carbonyl (C=O) groups excluding carboxylic acids is 2. The zero-order valence-corrected chi connectivity index (χ0v) is 20.1. The molecule has 182 valence electrons. The van der Waals surface area contributed by atoms with Crippen molar-refractivity contribution in [1.82, 2.24) is 20.5 Å². The second-order valence-electron chi connectivity index (χ2n) is 9.29. The van der Waals surface area contributed by atoms with E-state index < -0.39 is 0 Å². The number of nitrogens with zero attached hydrogens (tertiary/aromatic N) is 3. The molecule has 0 saturated carbocycles. The number of pyridine rings is 1. The summed E-state index contributed by atoms with van der Waals surface area (Å²) in [7, 11) is 0. The number of anilines is 1. The highest BCUT2D eigenvalue weighted by molar-refractivity contribution is 6.06. The molecule has 7 nitrogen and oxygen atoms in total. The summed E-state index contributed by atoms with van der Waals surface area (Å²) in [5.41, 5.74) is 3.07. The van der Waals surface area contributed by atoms with Crippen molar-refractivity contribution in [3.8, 4) is 0 Å². The summed E-state index contributed by atoms with van der Waals surface area (Å²) in [6.07, 6.45) is 11.4. The van der Waals surface area contributed by atoms with Crippen LogP contribution in [0.5, 0.6) is 0 Å². The number of hydrogen-bond donors (Lipinski definition) is 2. The molecule has 0 aliphatic carbocycles. The van der Waals surface area contributed by atoms with Crippen molar-refractivity contribution in [2.24, 2.45) is 0 Å². The average molecular weight is 464 g/mol. The maximum absolute atomic E-state index is 13.4. The van der Waals surface area contributed by atoms with Crippen LogP contribution in [0.15, 0.2) is 42.7 Å². The van der Waals surface area contributed by atoms with E-state index in [1.807, 2.05) is 29.2 Å². The molecular weight excluding hydrogens is 426 g/mol. The van der Waals surface area contributed by atoms with E-state index in [2.05, 4.69) is 20.5 Å². The van der Waals surface area contributed by atoms with Gasteiger partial charge in [-0.2, -0.15) is 0 Å². The third-order valence-electron chi connectivity index (χ3n) is 6.75. The smallest absolute Gasteiger partial charge is 0.259 e. The van der Waals surface area contributed by atoms with Crippen molar-refractivity contribution in [2.45, 2.75) is 51.5 Å². The zero-order chi connectivity index (χ0) is 23.6. The predicted molar refractivity (Wildman–Crippen MR) is 135 cm³/mol. The van der Waals surface area contributed by atoms with Gasteiger partial charge in [-0.25, -0.2) is 0 Å². The summed E-state index contributed by atoms with van der Waals surface area (Å²) in [6.45, 7) is 6.01. The van der Waals surface area contributed by atoms with Crippen LogP contribution in [0.4, 0.5) is 5.69 Å². The second-order valence-corrected chi connectivity index (χ2v) is 9.29. The van der Waals surface area contributed by atoms with E-state index in [-0.39, 0.29) is 11.8 Å². The first-order valence-electron chi connectivity index (χ1n) is 12.8. The van der Waals surface area contributed by atoms with Gasteiger partial charge in [0.15, 0.2) is 0 Å². The first-order valence-corrected chi connectivity index (χ1v) is 12.8. The van der Waals surface area contributed by atoms with Crippen LogP contribution in [-0.4, -0.2) is 61.0 Å². The number of aromatic nitrogens is 1. The Bertz CT molecular complexity index is 943. The Kier molecular flexibility index (Phi) is 9.04. The molecule has 4 rings (SSSR count). The van der Waals surface area contributed by atoms with E-state index in [4.69, 9.17) is 0 Å². The summed E-state index contributed by atoms with van der Waals surface area (Å²) < 4.78 is 0. The number of likely N-dealkylation sites (tertiary alicyclic amines) is 1. The lowest BCUT2D eigenvalue weighted by molar-refractivity contribution is 0.0948. The molecule has 1 aromatic carbocycles. The third-order valence-corrected chi connectivity index (χ3v) is 6.75. The highest BCUT2D eigenvalue weighted by Crippen LogP contribution is 2.25. The summed E-state index contributed by atoms with van der Waals surface area (Å²) in [5.74, 6) is -0.104. The number of nitrogens with one attached hydrogen (secondary N) is 2. The predicted octanol–water partition coefficient (Wildman–Crippen LogP) is 3.61. The molecule has 2 N–H and O–H groups in total. The molecule has 2 amide bonds. The molecule has 2 aliphatic rings. The van der Waals surface area contributed by atoms with Crippen molar-refractivity contribution in [3.63, 3.8) is 0 Å². The molecular formula is C27H37N5O2. The number of benzene rings is 1. The van der Waals surface area contributed by atoms with Gasteiger partial charge in [0.25, 0.3) is 11.8 Å². The van der Waals surface area contributed by atoms with Gasteiger partial charge in [0.05, 0.1) is 5.56 Å². The van der Waals surface area contributed by atoms with Gasteiger partial charge >= 0.3 is 0 Å². The lowest BCUT2D eigenvalue weighted by Gasteiger charge is -2.26. The maximum Gasteiger partial charge on any atom is 0.259 e. The molecule has 1 aromatic heterocycles. The first-order chi connectivity index (χ1) is 16.7. The first kappa shape index (κ1) is 24.4. The zero-order valence-electron chi connectivity index (χ0n) is 20.1. The molecule has 7 heteroatoms. The Hall–Kier alpha value is -2.77. The molecule has 0 bridgehead atoms. The lowest BCUT2D eigenvalue weighted by Crippen LogP contribution is -2.35. The molecule has 1 saturated heterocycles. The number of hydrogen-bond acceptors (Lipinski definition) is 5. The molecule has 3 heterocycles. The minimum Gasteiger partial charge on any atom is -0.351 e. The number of fused-ring (bicyclic) bond motifs is 1. The van der Waals surface area contributed by atoms with Gasteiger partial charge < -0.3 is 20.4 Å². The SMILES string of the molecule is O=C(NCCN1CCCC1)c1ccc2c(c1)CNCCCCCCCN2C(=O)c1cccnc1. The van der Waals surface area contributed by atoms with E-state index in [1.165, 1.54) is 25.7 Å². The summed E-state index contributed by atoms with van der Waals surface area (Å²) in [6, 6.07) is 9.34. The van der Waals surface area contributed by atoms with E-state index >= 15 is 0 Å². The van der Waals surface area contributed by atoms with Crippen LogP contribution >= 0.6 is 0 Å². The van der Waals surface area contributed by atoms with Crippen molar-refractivity contribution in [2.75, 3.05) is 44.2 Å². The number of carbonyl (C=O) groups is 2. The van der Waals surface area contributed by atoms with Crippen molar-refractivity contribution >= 4 is 17.5 Å². The fourth-order valence-electron chi connectivity index (χ4n) is 4.82. The minimum atomic E-state index is -0.0572. The van der Waals surface area contributed by atoms with Gasteiger partial charge in [-0.05, 0) is 81.2 Å². The molecule has 0 spiro atoms. The Morgan fingerprint density at radius 1 is 0.941 bits per heavy atom. The van der Waals surface area contributed by atoms with Crippen LogP contribution in [0.25, 0.3) is 0 Å². The van der Waals surface area contributed by atoms with Crippen molar-refractivity contribution in [3.05, 3.63) is 59.4 Å². The van der Waals surface area contributed by atoms with Crippen LogP contribution in [-0.2, 0) is 6.54 Å². The normalized spacial score (nSPS) is 17.9. The van der Waals surface area contributed by atoms with Gasteiger partial charge in [0.1, 0.15) is 0 Å². The van der Waals surface area contributed by atoms with Gasteiger partial charge in [-0.3, -0.25) is 14.6 Å². The lowest BCUT2D eigenvalue weighted by atomic mass is 10.0. The van der Waals surface area contributed by atoms with Crippen LogP contribution in [0.1, 0.15) is 71.2 Å². The molecule has 34 heavy (non-hydrogen) atoms. The molecule has 0 radical (unpaired) electrons. The van der Waals surface area contributed by atoms with E-state index in [1.54, 1.807) is 18.5 Å². The quantitative estimate of drug-likeness (QED) is 0.708. The van der Waals surface area contributed by atoms with Gasteiger partial charge in [0.2, 0.25) is 0 Å². The molecule has 1 fully saturated rings. The number of rotatable bonds is 5. The van der Waals surface area contributed by atoms with E-state index in [0.29, 0.717) is 30.8 Å². The standard InChI is InChI=1S/C27H37N5O2/c33-26(30-14-18-31-15-6-7-16-31)22-10-11-25-24(19-22)21-28-12-4-2-1-3-5-17-32(25)27(34)23-9-8-13-29-20-23/h8-11,13,19-20,28H,1-7,12,14-18,21H2,(H,30,33). The Morgan fingerprint density at radius 3 is 2.56 bits per heavy atom.